The summed E-state index contributed by atoms with van der Waals surface area (Å²) < 4.78 is 0.807. The molecular formula is C9H7NO3S. The number of benzene rings is 1. The zero-order valence-electron chi connectivity index (χ0n) is 7.10. The molecule has 2 rings (SSSR count). The van der Waals surface area contributed by atoms with E-state index in [0.717, 1.165) is 4.70 Å². The van der Waals surface area contributed by atoms with Gasteiger partial charge in [0, 0.05) is 0 Å². The lowest BCUT2D eigenvalue weighted by molar-refractivity contribution is -0.136. The summed E-state index contributed by atoms with van der Waals surface area (Å²) in [6.45, 7) is 0. The molecule has 0 aliphatic rings. The first-order valence-corrected chi connectivity index (χ1v) is 4.77. The summed E-state index contributed by atoms with van der Waals surface area (Å²) in [5.41, 5.74) is 0.480. The average molecular weight is 209 g/mol. The number of carboxylic acids is 1. The third kappa shape index (κ3) is 1.54. The third-order valence-corrected chi connectivity index (χ3v) is 2.77. The van der Waals surface area contributed by atoms with Crippen LogP contribution in [0.5, 0.6) is 5.75 Å². The molecule has 2 aromatic rings. The van der Waals surface area contributed by atoms with Gasteiger partial charge in [-0.05, 0) is 12.1 Å². The molecule has 0 aliphatic heterocycles. The molecule has 5 heteroatoms. The lowest BCUT2D eigenvalue weighted by Crippen LogP contribution is -1.98. The number of thiazole rings is 1. The fourth-order valence-corrected chi connectivity index (χ4v) is 2.16. The Bertz CT molecular complexity index is 492. The second-order valence-corrected chi connectivity index (χ2v) is 3.92. The van der Waals surface area contributed by atoms with Crippen LogP contribution < -0.4 is 0 Å². The highest BCUT2D eigenvalue weighted by molar-refractivity contribution is 7.18. The van der Waals surface area contributed by atoms with Crippen molar-refractivity contribution >= 4 is 27.5 Å². The van der Waals surface area contributed by atoms with Gasteiger partial charge in [-0.2, -0.15) is 0 Å². The predicted molar refractivity (Wildman–Crippen MR) is 52.6 cm³/mol. The standard InChI is InChI=1S/C9H7NO3S/c11-5-2-1-3-6-9(5)10-7(14-6)4-8(12)13/h1-3,11H,4H2,(H,12,13). The highest BCUT2D eigenvalue weighted by Crippen LogP contribution is 2.28. The maximum atomic E-state index is 10.4. The summed E-state index contributed by atoms with van der Waals surface area (Å²) in [5.74, 6) is -0.820. The molecule has 0 atom stereocenters. The number of nitrogens with zero attached hydrogens (tertiary/aromatic N) is 1. The van der Waals surface area contributed by atoms with Gasteiger partial charge in [0.05, 0.1) is 11.1 Å². The first-order valence-electron chi connectivity index (χ1n) is 3.96. The van der Waals surface area contributed by atoms with E-state index in [4.69, 9.17) is 5.11 Å². The molecule has 1 aromatic carbocycles. The summed E-state index contributed by atoms with van der Waals surface area (Å²) in [4.78, 5) is 14.5. The van der Waals surface area contributed by atoms with Gasteiger partial charge in [-0.3, -0.25) is 4.79 Å². The molecule has 1 aromatic heterocycles. The number of hydrogen-bond donors (Lipinski definition) is 2. The van der Waals surface area contributed by atoms with Crippen LogP contribution in [0.1, 0.15) is 5.01 Å². The van der Waals surface area contributed by atoms with Crippen LogP contribution in [0.25, 0.3) is 10.2 Å². The Labute approximate surface area is 83.5 Å². The Balaban J connectivity index is 2.51. The molecule has 0 saturated carbocycles. The number of rotatable bonds is 2. The number of para-hydroxylation sites is 1. The Hall–Kier alpha value is -1.62. The molecule has 2 N–H and O–H groups in total. The molecule has 0 radical (unpaired) electrons. The van der Waals surface area contributed by atoms with Crippen LogP contribution in [0.2, 0.25) is 0 Å². The van der Waals surface area contributed by atoms with Crippen LogP contribution in [0.15, 0.2) is 18.2 Å². The summed E-state index contributed by atoms with van der Waals surface area (Å²) >= 11 is 1.29. The fraction of sp³-hybridized carbons (Fsp3) is 0.111. The molecular weight excluding hydrogens is 202 g/mol. The molecule has 72 valence electrons. The number of aromatic nitrogens is 1. The van der Waals surface area contributed by atoms with E-state index in [9.17, 15) is 9.90 Å². The molecule has 0 fully saturated rings. The largest absolute Gasteiger partial charge is 0.506 e. The monoisotopic (exact) mass is 209 g/mol. The van der Waals surface area contributed by atoms with Crippen molar-refractivity contribution in [2.45, 2.75) is 6.42 Å². The molecule has 1 heterocycles. The minimum absolute atomic E-state index is 0.0930. The summed E-state index contributed by atoms with van der Waals surface area (Å²) in [7, 11) is 0. The normalized spacial score (nSPS) is 10.6. The lowest BCUT2D eigenvalue weighted by atomic mass is 10.3. The predicted octanol–water partition coefficient (Wildman–Crippen LogP) is 1.63. The number of carboxylic acid groups (broad SMARTS) is 1. The maximum absolute atomic E-state index is 10.4. The maximum Gasteiger partial charge on any atom is 0.310 e. The smallest absolute Gasteiger partial charge is 0.310 e. The average Bonchev–Trinajstić information content (AvgIpc) is 2.47. The van der Waals surface area contributed by atoms with Gasteiger partial charge < -0.3 is 10.2 Å². The Morgan fingerprint density at radius 2 is 2.29 bits per heavy atom. The number of aliphatic carboxylic acids is 1. The van der Waals surface area contributed by atoms with E-state index in [0.29, 0.717) is 10.5 Å². The first kappa shape index (κ1) is 8.96. The Morgan fingerprint density at radius 1 is 1.50 bits per heavy atom. The second-order valence-electron chi connectivity index (χ2n) is 2.80. The molecule has 14 heavy (non-hydrogen) atoms. The Morgan fingerprint density at radius 3 is 2.93 bits per heavy atom. The lowest BCUT2D eigenvalue weighted by Gasteiger charge is -1.89. The Kier molecular flexibility index (Phi) is 2.09. The molecule has 0 bridgehead atoms. The molecule has 0 spiro atoms. The quantitative estimate of drug-likeness (QED) is 0.788. The molecule has 0 unspecified atom stereocenters. The number of phenols is 1. The topological polar surface area (TPSA) is 70.4 Å². The van der Waals surface area contributed by atoms with Crippen molar-refractivity contribution in [2.24, 2.45) is 0 Å². The van der Waals surface area contributed by atoms with Gasteiger partial charge >= 0.3 is 5.97 Å². The number of fused-ring (bicyclic) bond motifs is 1. The number of aromatic hydroxyl groups is 1. The van der Waals surface area contributed by atoms with E-state index >= 15 is 0 Å². The van der Waals surface area contributed by atoms with Crippen LogP contribution in [0.3, 0.4) is 0 Å². The SMILES string of the molecule is O=C(O)Cc1nc2c(O)cccc2s1. The van der Waals surface area contributed by atoms with Crippen LogP contribution >= 0.6 is 11.3 Å². The van der Waals surface area contributed by atoms with Crippen molar-refractivity contribution in [3.05, 3.63) is 23.2 Å². The van der Waals surface area contributed by atoms with Crippen LogP contribution in [-0.4, -0.2) is 21.2 Å². The van der Waals surface area contributed by atoms with Gasteiger partial charge in [-0.25, -0.2) is 4.98 Å². The first-order chi connectivity index (χ1) is 6.66. The molecule has 0 amide bonds. The van der Waals surface area contributed by atoms with Gasteiger partial charge in [0.1, 0.15) is 16.3 Å². The van der Waals surface area contributed by atoms with E-state index in [2.05, 4.69) is 4.98 Å². The van der Waals surface area contributed by atoms with Crippen LogP contribution in [0.4, 0.5) is 0 Å². The van der Waals surface area contributed by atoms with E-state index < -0.39 is 5.97 Å². The van der Waals surface area contributed by atoms with Gasteiger partial charge in [0.2, 0.25) is 0 Å². The number of phenolic OH excluding ortho intramolecular Hbond substituents is 1. The molecule has 0 aliphatic carbocycles. The summed E-state index contributed by atoms with van der Waals surface area (Å²) in [6, 6.07) is 5.05. The van der Waals surface area contributed by atoms with Gasteiger partial charge in [-0.15, -0.1) is 11.3 Å². The van der Waals surface area contributed by atoms with E-state index in [1.165, 1.54) is 17.4 Å². The van der Waals surface area contributed by atoms with Crippen molar-refractivity contribution in [3.8, 4) is 5.75 Å². The van der Waals surface area contributed by atoms with Crippen molar-refractivity contribution in [2.75, 3.05) is 0 Å². The van der Waals surface area contributed by atoms with E-state index in [1.54, 1.807) is 12.1 Å². The van der Waals surface area contributed by atoms with E-state index in [1.807, 2.05) is 0 Å². The van der Waals surface area contributed by atoms with Crippen molar-refractivity contribution in [3.63, 3.8) is 0 Å². The number of carbonyl (C=O) groups is 1. The molecule has 4 nitrogen and oxygen atoms in total. The van der Waals surface area contributed by atoms with Crippen molar-refractivity contribution < 1.29 is 15.0 Å². The summed E-state index contributed by atoms with van der Waals surface area (Å²) in [5, 5.41) is 18.5. The van der Waals surface area contributed by atoms with Crippen LogP contribution in [-0.2, 0) is 11.2 Å². The minimum Gasteiger partial charge on any atom is -0.506 e. The van der Waals surface area contributed by atoms with Crippen molar-refractivity contribution in [1.29, 1.82) is 0 Å². The van der Waals surface area contributed by atoms with Gasteiger partial charge in [0.15, 0.2) is 0 Å². The minimum atomic E-state index is -0.913. The molecule has 0 saturated heterocycles. The zero-order valence-corrected chi connectivity index (χ0v) is 7.91. The summed E-state index contributed by atoms with van der Waals surface area (Å²) in [6.07, 6.45) is -0.0984. The second kappa shape index (κ2) is 3.26. The van der Waals surface area contributed by atoms with E-state index in [-0.39, 0.29) is 12.2 Å². The van der Waals surface area contributed by atoms with Crippen molar-refractivity contribution in [1.82, 2.24) is 4.98 Å². The zero-order chi connectivity index (χ0) is 10.1. The highest BCUT2D eigenvalue weighted by Gasteiger charge is 2.09. The highest BCUT2D eigenvalue weighted by atomic mass is 32.1. The fourth-order valence-electron chi connectivity index (χ4n) is 1.18. The number of hydrogen-bond acceptors (Lipinski definition) is 4. The third-order valence-electron chi connectivity index (χ3n) is 1.74. The van der Waals surface area contributed by atoms with Crippen LogP contribution in [0, 0.1) is 0 Å². The van der Waals surface area contributed by atoms with Gasteiger partial charge in [0.25, 0.3) is 0 Å². The van der Waals surface area contributed by atoms with Gasteiger partial charge in [-0.1, -0.05) is 6.07 Å².